The molecule has 0 bridgehead atoms. The summed E-state index contributed by atoms with van der Waals surface area (Å²) in [6.45, 7) is 4.13. The lowest BCUT2D eigenvalue weighted by Crippen LogP contribution is -1.91. The van der Waals surface area contributed by atoms with Gasteiger partial charge in [-0.25, -0.2) is 0 Å². The third-order valence-corrected chi connectivity index (χ3v) is 7.88. The van der Waals surface area contributed by atoms with E-state index in [1.165, 1.54) is 33.8 Å². The number of rotatable bonds is 4. The van der Waals surface area contributed by atoms with Crippen LogP contribution in [0, 0.1) is 13.8 Å². The van der Waals surface area contributed by atoms with E-state index in [2.05, 4.69) is 82.8 Å². The molecule has 4 heterocycles. The molecule has 0 aliphatic carbocycles. The predicted octanol–water partition coefficient (Wildman–Crippen LogP) is 5.97. The Labute approximate surface area is 213 Å². The van der Waals surface area contributed by atoms with E-state index < -0.39 is 0 Å². The summed E-state index contributed by atoms with van der Waals surface area (Å²) in [7, 11) is 0. The third kappa shape index (κ3) is 3.50. The molecule has 0 fully saturated rings. The van der Waals surface area contributed by atoms with Crippen LogP contribution in [0.2, 0.25) is 0 Å². The van der Waals surface area contributed by atoms with E-state index in [9.17, 15) is 0 Å². The fourth-order valence-electron chi connectivity index (χ4n) is 3.99. The van der Waals surface area contributed by atoms with E-state index in [-0.39, 0.29) is 0 Å². The summed E-state index contributed by atoms with van der Waals surface area (Å²) in [5, 5.41) is 28.7. The molecule has 10 heteroatoms. The Bertz CT molecular complexity index is 1700. The maximum atomic E-state index is 4.80. The fraction of sp³-hybridized carbons (Fsp3) is 0.0769. The van der Waals surface area contributed by atoms with Gasteiger partial charge in [0, 0.05) is 22.3 Å². The lowest BCUT2D eigenvalue weighted by atomic mass is 10.1. The smallest absolute Gasteiger partial charge is 0.182 e. The van der Waals surface area contributed by atoms with E-state index in [0.717, 1.165) is 53.8 Å². The molecular formula is C26H18N8S2. The molecule has 174 valence electrons. The van der Waals surface area contributed by atoms with Crippen LogP contribution in [0.15, 0.2) is 72.8 Å². The van der Waals surface area contributed by atoms with Gasteiger partial charge in [-0.3, -0.25) is 0 Å². The summed E-state index contributed by atoms with van der Waals surface area (Å²) in [6, 6.07) is 24.7. The van der Waals surface area contributed by atoms with Crippen molar-refractivity contribution in [2.45, 2.75) is 13.8 Å². The van der Waals surface area contributed by atoms with Gasteiger partial charge in [0.15, 0.2) is 11.6 Å². The standard InChI is InChI=1S/C26H18N8S2/c1-15-3-7-17(8-4-15)21-27-29-25-33(21)31-23(35-25)19-11-13-20(14-12-19)24-32-34-22(28-30-26(34)36-24)18-9-5-16(2)6-10-18/h3-14H,1-2H3. The maximum absolute atomic E-state index is 4.80. The van der Waals surface area contributed by atoms with Gasteiger partial charge in [-0.1, -0.05) is 107 Å². The van der Waals surface area contributed by atoms with Crippen molar-refractivity contribution in [2.75, 3.05) is 0 Å². The molecule has 4 aromatic heterocycles. The number of benzene rings is 3. The molecule has 36 heavy (non-hydrogen) atoms. The molecule has 0 amide bonds. The van der Waals surface area contributed by atoms with E-state index >= 15 is 0 Å². The Kier molecular flexibility index (Phi) is 4.76. The zero-order valence-electron chi connectivity index (χ0n) is 19.3. The van der Waals surface area contributed by atoms with Crippen LogP contribution in [-0.4, -0.2) is 39.6 Å². The average molecular weight is 507 g/mol. The van der Waals surface area contributed by atoms with Gasteiger partial charge in [-0.2, -0.15) is 19.2 Å². The van der Waals surface area contributed by atoms with Gasteiger partial charge >= 0.3 is 0 Å². The van der Waals surface area contributed by atoms with Crippen LogP contribution in [0.3, 0.4) is 0 Å². The summed E-state index contributed by atoms with van der Waals surface area (Å²) >= 11 is 3.04. The molecule has 7 rings (SSSR count). The van der Waals surface area contributed by atoms with Crippen molar-refractivity contribution >= 4 is 32.6 Å². The largest absolute Gasteiger partial charge is 0.235 e. The Morgan fingerprint density at radius 1 is 0.472 bits per heavy atom. The molecule has 0 aliphatic rings. The Morgan fingerprint density at radius 3 is 1.22 bits per heavy atom. The summed E-state index contributed by atoms with van der Waals surface area (Å²) in [6.07, 6.45) is 0. The summed E-state index contributed by atoms with van der Waals surface area (Å²) in [5.74, 6) is 1.49. The van der Waals surface area contributed by atoms with Gasteiger partial charge < -0.3 is 0 Å². The van der Waals surface area contributed by atoms with E-state index in [4.69, 9.17) is 10.2 Å². The SMILES string of the molecule is Cc1ccc(-c2nnc3sc(-c4ccc(-c5nn6c(-c7ccc(C)cc7)nnc6s5)cc4)nn23)cc1. The normalized spacial score (nSPS) is 11.6. The quantitative estimate of drug-likeness (QED) is 0.292. The van der Waals surface area contributed by atoms with Gasteiger partial charge in [0.25, 0.3) is 0 Å². The molecule has 0 atom stereocenters. The molecule has 0 spiro atoms. The maximum Gasteiger partial charge on any atom is 0.235 e. The first-order chi connectivity index (χ1) is 17.6. The first kappa shape index (κ1) is 21.0. The fourth-order valence-corrected chi connectivity index (χ4v) is 5.68. The minimum Gasteiger partial charge on any atom is -0.182 e. The van der Waals surface area contributed by atoms with Crippen LogP contribution in [-0.2, 0) is 0 Å². The van der Waals surface area contributed by atoms with Crippen LogP contribution < -0.4 is 0 Å². The molecule has 0 radical (unpaired) electrons. The van der Waals surface area contributed by atoms with Crippen LogP contribution in [0.25, 0.3) is 53.8 Å². The molecular weight excluding hydrogens is 488 g/mol. The van der Waals surface area contributed by atoms with Crippen LogP contribution in [0.5, 0.6) is 0 Å². The highest BCUT2D eigenvalue weighted by atomic mass is 32.1. The second-order valence-corrected chi connectivity index (χ2v) is 10.5. The van der Waals surface area contributed by atoms with Crippen molar-refractivity contribution in [3.63, 3.8) is 0 Å². The van der Waals surface area contributed by atoms with Crippen molar-refractivity contribution in [3.05, 3.63) is 83.9 Å². The highest BCUT2D eigenvalue weighted by Gasteiger charge is 2.17. The Balaban J connectivity index is 1.20. The molecule has 3 aromatic carbocycles. The van der Waals surface area contributed by atoms with Crippen LogP contribution in [0.4, 0.5) is 0 Å². The molecule has 0 aliphatic heterocycles. The number of nitrogens with zero attached hydrogens (tertiary/aromatic N) is 8. The second kappa shape index (κ2) is 8.14. The predicted molar refractivity (Wildman–Crippen MR) is 142 cm³/mol. The highest BCUT2D eigenvalue weighted by molar-refractivity contribution is 7.20. The lowest BCUT2D eigenvalue weighted by molar-refractivity contribution is 0.969. The molecule has 0 saturated carbocycles. The van der Waals surface area contributed by atoms with E-state index in [0.29, 0.717) is 0 Å². The van der Waals surface area contributed by atoms with Gasteiger partial charge in [0.05, 0.1) is 0 Å². The molecule has 7 aromatic rings. The Hall–Kier alpha value is -4.28. The lowest BCUT2D eigenvalue weighted by Gasteiger charge is -2.00. The third-order valence-electron chi connectivity index (χ3n) is 5.98. The summed E-state index contributed by atoms with van der Waals surface area (Å²) in [4.78, 5) is 1.53. The average Bonchev–Trinajstić information content (AvgIpc) is 3.66. The van der Waals surface area contributed by atoms with Gasteiger partial charge in [-0.15, -0.1) is 20.4 Å². The van der Waals surface area contributed by atoms with E-state index in [1.807, 2.05) is 33.3 Å². The highest BCUT2D eigenvalue weighted by Crippen LogP contribution is 2.32. The first-order valence-corrected chi connectivity index (χ1v) is 12.9. The Morgan fingerprint density at radius 2 is 0.833 bits per heavy atom. The monoisotopic (exact) mass is 506 g/mol. The number of fused-ring (bicyclic) bond motifs is 2. The van der Waals surface area contributed by atoms with Crippen LogP contribution >= 0.6 is 22.7 Å². The molecule has 0 N–H and O–H groups in total. The van der Waals surface area contributed by atoms with Crippen molar-refractivity contribution in [2.24, 2.45) is 0 Å². The minimum atomic E-state index is 0.744. The van der Waals surface area contributed by atoms with E-state index in [1.54, 1.807) is 0 Å². The zero-order chi connectivity index (χ0) is 24.2. The van der Waals surface area contributed by atoms with Gasteiger partial charge in [0.2, 0.25) is 9.92 Å². The van der Waals surface area contributed by atoms with Crippen molar-refractivity contribution < 1.29 is 0 Å². The number of aromatic nitrogens is 8. The number of aryl methyl sites for hydroxylation is 2. The van der Waals surface area contributed by atoms with Crippen molar-refractivity contribution in [1.82, 2.24) is 39.6 Å². The van der Waals surface area contributed by atoms with Crippen molar-refractivity contribution in [3.8, 4) is 43.9 Å². The zero-order valence-corrected chi connectivity index (χ0v) is 21.0. The van der Waals surface area contributed by atoms with Gasteiger partial charge in [-0.05, 0) is 13.8 Å². The minimum absolute atomic E-state index is 0.744. The molecule has 0 saturated heterocycles. The molecule has 0 unspecified atom stereocenters. The summed E-state index contributed by atoms with van der Waals surface area (Å²) < 4.78 is 3.63. The molecule has 8 nitrogen and oxygen atoms in total. The van der Waals surface area contributed by atoms with Crippen LogP contribution in [0.1, 0.15) is 11.1 Å². The number of hydrogen-bond acceptors (Lipinski definition) is 8. The topological polar surface area (TPSA) is 86.2 Å². The first-order valence-electron chi connectivity index (χ1n) is 11.3. The van der Waals surface area contributed by atoms with Gasteiger partial charge in [0.1, 0.15) is 10.0 Å². The number of hydrogen-bond donors (Lipinski definition) is 0. The summed E-state index contributed by atoms with van der Waals surface area (Å²) in [5.41, 5.74) is 6.44. The van der Waals surface area contributed by atoms with Crippen molar-refractivity contribution in [1.29, 1.82) is 0 Å². The second-order valence-electron chi connectivity index (χ2n) is 8.56.